The maximum atomic E-state index is 13.1. The molecule has 2 rings (SSSR count). The zero-order valence-electron chi connectivity index (χ0n) is 17.7. The van der Waals surface area contributed by atoms with Crippen LogP contribution >= 0.6 is 0 Å². The number of nitrogens with one attached hydrogen (secondary N) is 2. The number of ether oxygens (including phenoxy) is 1. The lowest BCUT2D eigenvalue weighted by Gasteiger charge is -2.22. The summed E-state index contributed by atoms with van der Waals surface area (Å²) in [5.74, 6) is -0.993. The molecule has 0 unspecified atom stereocenters. The normalized spacial score (nSPS) is 13.6. The average molecular weight is 453 g/mol. The van der Waals surface area contributed by atoms with E-state index in [0.717, 1.165) is 19.1 Å². The molecular formula is C20H22F3N5O4. The number of amides is 2. The molecule has 2 amide bonds. The summed E-state index contributed by atoms with van der Waals surface area (Å²) < 4.78 is 45.6. The molecule has 0 bridgehead atoms. The van der Waals surface area contributed by atoms with Crippen molar-refractivity contribution in [1.82, 2.24) is 9.78 Å². The Morgan fingerprint density at radius 3 is 2.41 bits per heavy atom. The highest BCUT2D eigenvalue weighted by Crippen LogP contribution is 2.33. The van der Waals surface area contributed by atoms with Crippen LogP contribution < -0.4 is 10.6 Å². The summed E-state index contributed by atoms with van der Waals surface area (Å²) in [6.45, 7) is 5.86. The van der Waals surface area contributed by atoms with Crippen molar-refractivity contribution < 1.29 is 32.6 Å². The van der Waals surface area contributed by atoms with Gasteiger partial charge in [-0.1, -0.05) is 0 Å². The number of carbonyl (C=O) groups excluding carboxylic acids is 2. The Morgan fingerprint density at radius 2 is 1.84 bits per heavy atom. The molecule has 0 radical (unpaired) electrons. The molecule has 1 heterocycles. The lowest BCUT2D eigenvalue weighted by Crippen LogP contribution is -2.43. The Bertz CT molecular complexity index is 1050. The number of halogens is 3. The van der Waals surface area contributed by atoms with Crippen molar-refractivity contribution in [3.63, 3.8) is 0 Å². The topological polar surface area (TPSA) is 129 Å². The molecule has 0 spiro atoms. The van der Waals surface area contributed by atoms with Gasteiger partial charge in [-0.15, -0.1) is 0 Å². The average Bonchev–Trinajstić information content (AvgIpc) is 3.05. The minimum Gasteiger partial charge on any atom is -0.444 e. The number of carbonyl (C=O) groups is 2. The van der Waals surface area contributed by atoms with E-state index in [4.69, 9.17) is 10.00 Å². The molecule has 0 saturated heterocycles. The van der Waals surface area contributed by atoms with Gasteiger partial charge in [-0.05, 0) is 45.9 Å². The largest absolute Gasteiger partial charge is 0.444 e. The van der Waals surface area contributed by atoms with E-state index in [2.05, 4.69) is 15.7 Å². The monoisotopic (exact) mass is 453 g/mol. The van der Waals surface area contributed by atoms with Gasteiger partial charge in [0.1, 0.15) is 5.60 Å². The van der Waals surface area contributed by atoms with Crippen molar-refractivity contribution >= 4 is 23.4 Å². The fraction of sp³-hybridized carbons (Fsp3) is 0.400. The number of nitriles is 1. The molecule has 32 heavy (non-hydrogen) atoms. The minimum atomic E-state index is -4.79. The first kappa shape index (κ1) is 24.7. The van der Waals surface area contributed by atoms with Crippen molar-refractivity contribution in [2.45, 2.75) is 51.6 Å². The summed E-state index contributed by atoms with van der Waals surface area (Å²) in [5.41, 5.74) is -4.57. The third kappa shape index (κ3) is 6.71. The molecule has 1 aromatic heterocycles. The second-order valence-electron chi connectivity index (χ2n) is 8.15. The third-order valence-corrected chi connectivity index (χ3v) is 3.94. The number of aliphatic hydroxyl groups is 1. The van der Waals surface area contributed by atoms with Crippen molar-refractivity contribution in [2.24, 2.45) is 0 Å². The molecule has 0 aliphatic heterocycles. The first-order chi connectivity index (χ1) is 14.6. The number of rotatable bonds is 5. The van der Waals surface area contributed by atoms with E-state index in [1.54, 1.807) is 20.8 Å². The van der Waals surface area contributed by atoms with Crippen molar-refractivity contribution in [1.29, 1.82) is 5.26 Å². The maximum Gasteiger partial charge on any atom is 0.417 e. The van der Waals surface area contributed by atoms with Gasteiger partial charge in [-0.25, -0.2) is 4.79 Å². The molecule has 12 heteroatoms. The van der Waals surface area contributed by atoms with Gasteiger partial charge in [-0.2, -0.15) is 23.5 Å². The highest BCUT2D eigenvalue weighted by atomic mass is 19.4. The van der Waals surface area contributed by atoms with Crippen LogP contribution in [0.4, 0.5) is 29.3 Å². The van der Waals surface area contributed by atoms with Gasteiger partial charge in [0.25, 0.3) is 5.91 Å². The van der Waals surface area contributed by atoms with E-state index in [1.807, 2.05) is 0 Å². The molecule has 3 N–H and O–H groups in total. The van der Waals surface area contributed by atoms with Gasteiger partial charge >= 0.3 is 12.3 Å². The van der Waals surface area contributed by atoms with E-state index in [9.17, 15) is 27.9 Å². The van der Waals surface area contributed by atoms with E-state index < -0.39 is 40.5 Å². The van der Waals surface area contributed by atoms with Gasteiger partial charge in [0.2, 0.25) is 0 Å². The number of benzene rings is 1. The predicted octanol–water partition coefficient (Wildman–Crippen LogP) is 3.51. The summed E-state index contributed by atoms with van der Waals surface area (Å²) >= 11 is 0. The smallest absolute Gasteiger partial charge is 0.417 e. The number of anilines is 2. The number of hydrogen-bond acceptors (Lipinski definition) is 6. The standard InChI is InChI=1S/C20H22F3N5O4/c1-18(2,3)32-17(30)27-14-9-25-28(10-14)11-19(4,31)16(29)26-13-6-5-12(8-24)15(7-13)20(21,22)23/h5-7,9-10,31H,11H2,1-4H3,(H,26,29)(H,27,30)/t19-/m0/s1. The first-order valence-electron chi connectivity index (χ1n) is 9.28. The highest BCUT2D eigenvalue weighted by molar-refractivity contribution is 5.97. The summed E-state index contributed by atoms with van der Waals surface area (Å²) in [7, 11) is 0. The van der Waals surface area contributed by atoms with Crippen LogP contribution in [0.15, 0.2) is 30.6 Å². The van der Waals surface area contributed by atoms with Crippen LogP contribution in [0.5, 0.6) is 0 Å². The van der Waals surface area contributed by atoms with Crippen LogP contribution in [0, 0.1) is 11.3 Å². The van der Waals surface area contributed by atoms with E-state index in [-0.39, 0.29) is 17.9 Å². The quantitative estimate of drug-likeness (QED) is 0.635. The van der Waals surface area contributed by atoms with E-state index in [0.29, 0.717) is 6.07 Å². The molecular weight excluding hydrogens is 431 g/mol. The van der Waals surface area contributed by atoms with E-state index in [1.165, 1.54) is 23.1 Å². The lowest BCUT2D eigenvalue weighted by molar-refractivity contribution is -0.138. The van der Waals surface area contributed by atoms with Gasteiger partial charge in [0.05, 0.1) is 35.6 Å². The number of alkyl halides is 3. The SMILES string of the molecule is CC(C)(C)OC(=O)Nc1cnn(C[C@](C)(O)C(=O)Nc2ccc(C#N)c(C(F)(F)F)c2)c1. The summed E-state index contributed by atoms with van der Waals surface area (Å²) in [5, 5.41) is 27.9. The van der Waals surface area contributed by atoms with Gasteiger partial charge < -0.3 is 15.2 Å². The summed E-state index contributed by atoms with van der Waals surface area (Å²) in [6.07, 6.45) is -2.90. The molecule has 2 aromatic rings. The minimum absolute atomic E-state index is 0.241. The van der Waals surface area contributed by atoms with Crippen LogP contribution in [-0.2, 0) is 22.3 Å². The second kappa shape index (κ2) is 8.88. The first-order valence-corrected chi connectivity index (χ1v) is 9.28. The zero-order valence-corrected chi connectivity index (χ0v) is 17.7. The molecule has 9 nitrogen and oxygen atoms in total. The Morgan fingerprint density at radius 1 is 1.19 bits per heavy atom. The maximum absolute atomic E-state index is 13.1. The number of hydrogen-bond donors (Lipinski definition) is 3. The number of nitrogens with zero attached hydrogens (tertiary/aromatic N) is 3. The number of aromatic nitrogens is 2. The molecule has 1 atom stereocenters. The van der Waals surface area contributed by atoms with E-state index >= 15 is 0 Å². The van der Waals surface area contributed by atoms with Crippen LogP contribution in [-0.4, -0.2) is 38.1 Å². The van der Waals surface area contributed by atoms with Gasteiger partial charge in [0, 0.05) is 11.9 Å². The molecule has 0 saturated carbocycles. The highest BCUT2D eigenvalue weighted by Gasteiger charge is 2.35. The summed E-state index contributed by atoms with van der Waals surface area (Å²) in [4.78, 5) is 24.3. The lowest BCUT2D eigenvalue weighted by atomic mass is 10.0. The molecule has 172 valence electrons. The Kier molecular flexibility index (Phi) is 6.84. The van der Waals surface area contributed by atoms with Crippen LogP contribution in [0.25, 0.3) is 0 Å². The fourth-order valence-electron chi connectivity index (χ4n) is 2.54. The molecule has 1 aromatic carbocycles. The molecule has 0 fully saturated rings. The molecule has 0 aliphatic carbocycles. The van der Waals surface area contributed by atoms with Crippen LogP contribution in [0.1, 0.15) is 38.8 Å². The van der Waals surface area contributed by atoms with Crippen LogP contribution in [0.3, 0.4) is 0 Å². The molecule has 0 aliphatic rings. The summed E-state index contributed by atoms with van der Waals surface area (Å²) in [6, 6.07) is 4.10. The van der Waals surface area contributed by atoms with Crippen molar-refractivity contribution in [2.75, 3.05) is 10.6 Å². The Labute approximate surface area is 181 Å². The van der Waals surface area contributed by atoms with Crippen LogP contribution in [0.2, 0.25) is 0 Å². The zero-order chi connectivity index (χ0) is 24.3. The third-order valence-electron chi connectivity index (χ3n) is 3.94. The van der Waals surface area contributed by atoms with Gasteiger partial charge in [0.15, 0.2) is 5.60 Å². The Hall–Kier alpha value is -3.59. The fourth-order valence-corrected chi connectivity index (χ4v) is 2.54. The van der Waals surface area contributed by atoms with Gasteiger partial charge in [-0.3, -0.25) is 14.8 Å². The predicted molar refractivity (Wildman–Crippen MR) is 107 cm³/mol. The Balaban J connectivity index is 2.08. The van der Waals surface area contributed by atoms with Crippen molar-refractivity contribution in [3.8, 4) is 6.07 Å². The second-order valence-corrected chi connectivity index (χ2v) is 8.15. The van der Waals surface area contributed by atoms with Crippen molar-refractivity contribution in [3.05, 3.63) is 41.7 Å².